The first kappa shape index (κ1) is 19.8. The van der Waals surface area contributed by atoms with Gasteiger partial charge in [0, 0.05) is 19.3 Å². The fourth-order valence-corrected chi connectivity index (χ4v) is 3.84. The minimum atomic E-state index is -0.131. The van der Waals surface area contributed by atoms with E-state index in [2.05, 4.69) is 28.6 Å². The molecule has 0 fully saturated rings. The number of nitrogens with zero attached hydrogens (tertiary/aromatic N) is 2. The molecule has 0 aliphatic carbocycles. The van der Waals surface area contributed by atoms with Crippen LogP contribution >= 0.6 is 0 Å². The van der Waals surface area contributed by atoms with Crippen LogP contribution in [0.5, 0.6) is 0 Å². The van der Waals surface area contributed by atoms with Crippen molar-refractivity contribution >= 4 is 28.3 Å². The Kier molecular flexibility index (Phi) is 5.89. The molecular weight excluding hydrogens is 374 g/mol. The third kappa shape index (κ3) is 4.40. The fraction of sp³-hybridized carbons (Fsp3) is 0.240. The van der Waals surface area contributed by atoms with Gasteiger partial charge in [0.25, 0.3) is 0 Å². The van der Waals surface area contributed by atoms with Crippen LogP contribution in [0.2, 0.25) is 0 Å². The molecule has 0 aromatic heterocycles. The van der Waals surface area contributed by atoms with Crippen molar-refractivity contribution in [3.05, 3.63) is 83.9 Å². The Labute approximate surface area is 176 Å². The smallest absolute Gasteiger partial charge is 0.243 e. The highest BCUT2D eigenvalue weighted by Gasteiger charge is 2.22. The van der Waals surface area contributed by atoms with Gasteiger partial charge < -0.3 is 5.32 Å². The molecule has 152 valence electrons. The van der Waals surface area contributed by atoms with Crippen LogP contribution in [0.15, 0.2) is 77.9 Å². The molecule has 1 aliphatic heterocycles. The van der Waals surface area contributed by atoms with Crippen molar-refractivity contribution in [2.75, 3.05) is 6.54 Å². The van der Waals surface area contributed by atoms with Crippen molar-refractivity contribution < 1.29 is 9.59 Å². The van der Waals surface area contributed by atoms with Crippen LogP contribution in [0, 0.1) is 0 Å². The summed E-state index contributed by atoms with van der Waals surface area (Å²) in [5, 5.41) is 11.2. The van der Waals surface area contributed by atoms with E-state index in [0.29, 0.717) is 6.54 Å². The van der Waals surface area contributed by atoms with Gasteiger partial charge in [0.05, 0.1) is 18.3 Å². The Bertz CT molecular complexity index is 1090. The molecule has 1 N–H and O–H groups in total. The summed E-state index contributed by atoms with van der Waals surface area (Å²) in [6.45, 7) is 2.54. The summed E-state index contributed by atoms with van der Waals surface area (Å²) in [4.78, 5) is 24.9. The predicted molar refractivity (Wildman–Crippen MR) is 119 cm³/mol. The number of hydrazone groups is 1. The molecule has 1 aliphatic rings. The van der Waals surface area contributed by atoms with Crippen molar-refractivity contribution in [3.63, 3.8) is 0 Å². The molecule has 0 spiro atoms. The summed E-state index contributed by atoms with van der Waals surface area (Å²) >= 11 is 0. The zero-order chi connectivity index (χ0) is 20.9. The van der Waals surface area contributed by atoms with Gasteiger partial charge in [-0.15, -0.1) is 0 Å². The molecule has 5 heteroatoms. The van der Waals surface area contributed by atoms with E-state index in [1.54, 1.807) is 0 Å². The van der Waals surface area contributed by atoms with Gasteiger partial charge in [0.2, 0.25) is 11.8 Å². The molecule has 1 heterocycles. The van der Waals surface area contributed by atoms with E-state index in [9.17, 15) is 9.59 Å². The number of amides is 2. The first-order valence-corrected chi connectivity index (χ1v) is 10.3. The van der Waals surface area contributed by atoms with Crippen molar-refractivity contribution in [1.82, 2.24) is 10.3 Å². The molecule has 0 saturated carbocycles. The first-order chi connectivity index (χ1) is 14.6. The molecule has 2 amide bonds. The second-order valence-corrected chi connectivity index (χ2v) is 7.54. The molecule has 4 rings (SSSR count). The number of hydrogen-bond donors (Lipinski definition) is 1. The minimum Gasteiger partial charge on any atom is -0.350 e. The molecular formula is C25H25N3O2. The maximum Gasteiger partial charge on any atom is 0.243 e. The van der Waals surface area contributed by atoms with Crippen molar-refractivity contribution in [3.8, 4) is 0 Å². The van der Waals surface area contributed by atoms with Crippen LogP contribution in [0.3, 0.4) is 0 Å². The van der Waals surface area contributed by atoms with Crippen LogP contribution in [-0.2, 0) is 9.59 Å². The lowest BCUT2D eigenvalue weighted by Gasteiger charge is -2.17. The molecule has 0 bridgehead atoms. The quantitative estimate of drug-likeness (QED) is 0.666. The van der Waals surface area contributed by atoms with Gasteiger partial charge in [-0.1, -0.05) is 72.8 Å². The largest absolute Gasteiger partial charge is 0.350 e. The van der Waals surface area contributed by atoms with Crippen LogP contribution in [0.25, 0.3) is 10.8 Å². The highest BCUT2D eigenvalue weighted by Crippen LogP contribution is 2.24. The molecule has 30 heavy (non-hydrogen) atoms. The van der Waals surface area contributed by atoms with E-state index < -0.39 is 0 Å². The number of benzene rings is 3. The highest BCUT2D eigenvalue weighted by molar-refractivity contribution is 6.02. The normalized spacial score (nSPS) is 14.4. The second kappa shape index (κ2) is 8.91. The van der Waals surface area contributed by atoms with Gasteiger partial charge >= 0.3 is 0 Å². The summed E-state index contributed by atoms with van der Waals surface area (Å²) in [6.07, 6.45) is 1.04. The zero-order valence-electron chi connectivity index (χ0n) is 17.0. The lowest BCUT2D eigenvalue weighted by Crippen LogP contribution is -2.29. The van der Waals surface area contributed by atoms with Crippen molar-refractivity contribution in [2.45, 2.75) is 32.2 Å². The van der Waals surface area contributed by atoms with Gasteiger partial charge in [-0.2, -0.15) is 5.10 Å². The molecule has 3 aromatic carbocycles. The van der Waals surface area contributed by atoms with E-state index in [-0.39, 0.29) is 30.7 Å². The van der Waals surface area contributed by atoms with Crippen molar-refractivity contribution in [1.29, 1.82) is 0 Å². The fourth-order valence-electron chi connectivity index (χ4n) is 3.84. The number of fused-ring (bicyclic) bond motifs is 1. The number of hydrogen-bond acceptors (Lipinski definition) is 3. The van der Waals surface area contributed by atoms with E-state index in [0.717, 1.165) is 34.0 Å². The summed E-state index contributed by atoms with van der Waals surface area (Å²) in [5.41, 5.74) is 3.02. The lowest BCUT2D eigenvalue weighted by molar-refractivity contribution is -0.133. The van der Waals surface area contributed by atoms with E-state index in [1.807, 2.05) is 61.5 Å². The Balaban J connectivity index is 1.32. The summed E-state index contributed by atoms with van der Waals surface area (Å²) < 4.78 is 0. The van der Waals surface area contributed by atoms with Gasteiger partial charge in [-0.25, -0.2) is 5.01 Å². The third-order valence-electron chi connectivity index (χ3n) is 5.43. The molecule has 1 unspecified atom stereocenters. The SMILES string of the molecule is CC(NC(=O)CCC(=O)N1CCC(c2ccccc2)=N1)c1cccc2ccccc12. The molecule has 0 radical (unpaired) electrons. The standard InChI is InChI=1S/C25H25N3O2/c1-18(21-13-7-11-19-8-5-6-12-22(19)21)26-24(29)14-15-25(30)28-17-16-23(27-28)20-9-3-2-4-10-20/h2-13,18H,14-17H2,1H3,(H,26,29). The highest BCUT2D eigenvalue weighted by atomic mass is 16.2. The maximum atomic E-state index is 12.5. The van der Waals surface area contributed by atoms with Gasteiger partial charge in [-0.3, -0.25) is 9.59 Å². The van der Waals surface area contributed by atoms with Crippen LogP contribution in [0.1, 0.15) is 43.4 Å². The van der Waals surface area contributed by atoms with Crippen LogP contribution in [-0.4, -0.2) is 29.1 Å². The average Bonchev–Trinajstić information content (AvgIpc) is 3.28. The minimum absolute atomic E-state index is 0.117. The lowest BCUT2D eigenvalue weighted by atomic mass is 9.99. The second-order valence-electron chi connectivity index (χ2n) is 7.54. The van der Waals surface area contributed by atoms with Gasteiger partial charge in [0.1, 0.15) is 0 Å². The number of carbonyl (C=O) groups excluding carboxylic acids is 2. The monoisotopic (exact) mass is 399 g/mol. The molecule has 3 aromatic rings. The summed E-state index contributed by atoms with van der Waals surface area (Å²) in [7, 11) is 0. The summed E-state index contributed by atoms with van der Waals surface area (Å²) in [6, 6.07) is 24.0. The molecule has 5 nitrogen and oxygen atoms in total. The number of nitrogens with one attached hydrogen (secondary N) is 1. The zero-order valence-corrected chi connectivity index (χ0v) is 17.0. The number of rotatable bonds is 6. The van der Waals surface area contributed by atoms with Crippen LogP contribution < -0.4 is 5.32 Å². The van der Waals surface area contributed by atoms with E-state index in [4.69, 9.17) is 0 Å². The third-order valence-corrected chi connectivity index (χ3v) is 5.43. The number of carbonyl (C=O) groups is 2. The molecule has 0 saturated heterocycles. The molecule has 1 atom stereocenters. The Morgan fingerprint density at radius 1 is 0.967 bits per heavy atom. The maximum absolute atomic E-state index is 12.5. The Hall–Kier alpha value is -3.47. The van der Waals surface area contributed by atoms with E-state index in [1.165, 1.54) is 5.01 Å². The van der Waals surface area contributed by atoms with Gasteiger partial charge in [0.15, 0.2) is 0 Å². The average molecular weight is 399 g/mol. The summed E-state index contributed by atoms with van der Waals surface area (Å²) in [5.74, 6) is -0.246. The van der Waals surface area contributed by atoms with Gasteiger partial charge in [-0.05, 0) is 28.8 Å². The predicted octanol–water partition coefficient (Wildman–Crippen LogP) is 4.43. The topological polar surface area (TPSA) is 61.8 Å². The Morgan fingerprint density at radius 2 is 1.70 bits per heavy atom. The van der Waals surface area contributed by atoms with E-state index >= 15 is 0 Å². The first-order valence-electron chi connectivity index (χ1n) is 10.3. The van der Waals surface area contributed by atoms with Crippen molar-refractivity contribution in [2.24, 2.45) is 5.10 Å². The Morgan fingerprint density at radius 3 is 2.53 bits per heavy atom. The van der Waals surface area contributed by atoms with Crippen LogP contribution in [0.4, 0.5) is 0 Å².